The fourth-order valence-electron chi connectivity index (χ4n) is 2.25. The molecule has 2 aromatic carbocycles. The molecule has 3 rings (SSSR count). The summed E-state index contributed by atoms with van der Waals surface area (Å²) in [7, 11) is 0. The molecule has 0 amide bonds. The molecule has 1 aliphatic rings. The van der Waals surface area contributed by atoms with E-state index in [0.29, 0.717) is 13.2 Å². The van der Waals surface area contributed by atoms with Gasteiger partial charge in [-0.05, 0) is 17.7 Å². The molecule has 2 aromatic rings. The molecular weight excluding hydrogens is 265 g/mol. The first-order valence-electron chi connectivity index (χ1n) is 6.13. The Morgan fingerprint density at radius 2 is 2.05 bits per heavy atom. The van der Waals surface area contributed by atoms with Crippen molar-refractivity contribution < 1.29 is 9.13 Å². The van der Waals surface area contributed by atoms with E-state index in [1.807, 2.05) is 30.3 Å². The Kier molecular flexibility index (Phi) is 3.40. The first-order chi connectivity index (χ1) is 9.25. The van der Waals surface area contributed by atoms with Gasteiger partial charge in [-0.25, -0.2) is 4.39 Å². The second-order valence-electron chi connectivity index (χ2n) is 4.50. The van der Waals surface area contributed by atoms with Crippen LogP contribution in [0.2, 0.25) is 5.02 Å². The largest absolute Gasteiger partial charge is 0.491 e. The molecule has 4 heteroatoms. The maximum atomic E-state index is 13.3. The average Bonchev–Trinajstić information content (AvgIpc) is 2.84. The van der Waals surface area contributed by atoms with Crippen molar-refractivity contribution in [1.82, 2.24) is 5.32 Å². The van der Waals surface area contributed by atoms with Crippen molar-refractivity contribution in [2.24, 2.45) is 0 Å². The molecule has 98 valence electrons. The van der Waals surface area contributed by atoms with Gasteiger partial charge in [0.25, 0.3) is 0 Å². The van der Waals surface area contributed by atoms with Gasteiger partial charge in [0, 0.05) is 12.1 Å². The van der Waals surface area contributed by atoms with E-state index < -0.39 is 0 Å². The van der Waals surface area contributed by atoms with Crippen LogP contribution in [0.3, 0.4) is 0 Å². The molecule has 1 N–H and O–H groups in total. The number of rotatable bonds is 3. The maximum absolute atomic E-state index is 13.3. The molecule has 0 radical (unpaired) electrons. The van der Waals surface area contributed by atoms with E-state index in [9.17, 15) is 4.39 Å². The minimum Gasteiger partial charge on any atom is -0.491 e. The molecule has 0 saturated carbocycles. The number of fused-ring (bicyclic) bond motifs is 1. The summed E-state index contributed by atoms with van der Waals surface area (Å²) in [6.07, 6.45) is 0. The van der Waals surface area contributed by atoms with E-state index in [2.05, 4.69) is 5.32 Å². The third kappa shape index (κ3) is 2.44. The summed E-state index contributed by atoms with van der Waals surface area (Å²) >= 11 is 5.93. The number of hydrogen-bond donors (Lipinski definition) is 1. The van der Waals surface area contributed by atoms with Crippen molar-refractivity contribution in [3.8, 4) is 5.75 Å². The Balaban J connectivity index is 1.73. The summed E-state index contributed by atoms with van der Waals surface area (Å²) in [6.45, 7) is 1.10. The zero-order chi connectivity index (χ0) is 13.2. The topological polar surface area (TPSA) is 21.3 Å². The first kappa shape index (κ1) is 12.5. The summed E-state index contributed by atoms with van der Waals surface area (Å²) in [5, 5.41) is 3.53. The molecule has 0 aliphatic carbocycles. The van der Waals surface area contributed by atoms with E-state index in [-0.39, 0.29) is 16.9 Å². The van der Waals surface area contributed by atoms with Gasteiger partial charge in [-0.15, -0.1) is 0 Å². The summed E-state index contributed by atoms with van der Waals surface area (Å²) in [5.74, 6) is 0.523. The Morgan fingerprint density at radius 1 is 1.21 bits per heavy atom. The summed E-state index contributed by atoms with van der Waals surface area (Å²) < 4.78 is 18.9. The van der Waals surface area contributed by atoms with Crippen LogP contribution >= 0.6 is 11.6 Å². The Labute approximate surface area is 116 Å². The van der Waals surface area contributed by atoms with E-state index in [0.717, 1.165) is 16.9 Å². The fraction of sp³-hybridized carbons (Fsp3) is 0.200. The second-order valence-corrected chi connectivity index (χ2v) is 4.87. The van der Waals surface area contributed by atoms with Crippen LogP contribution < -0.4 is 10.1 Å². The van der Waals surface area contributed by atoms with Crippen molar-refractivity contribution in [2.75, 3.05) is 6.61 Å². The Bertz CT molecular complexity index is 602. The number of nitrogens with one attached hydrogen (secondary N) is 1. The summed E-state index contributed by atoms with van der Waals surface area (Å²) in [4.78, 5) is 0. The molecular formula is C15H13ClFNO. The zero-order valence-electron chi connectivity index (χ0n) is 10.2. The van der Waals surface area contributed by atoms with Gasteiger partial charge < -0.3 is 10.1 Å². The summed E-state index contributed by atoms with van der Waals surface area (Å²) in [6, 6.07) is 12.9. The van der Waals surface area contributed by atoms with Crippen LogP contribution in [0.25, 0.3) is 0 Å². The molecule has 0 saturated heterocycles. The molecule has 2 nitrogen and oxygen atoms in total. The van der Waals surface area contributed by atoms with Gasteiger partial charge in [-0.2, -0.15) is 0 Å². The number of para-hydroxylation sites is 1. The second kappa shape index (κ2) is 5.19. The average molecular weight is 278 g/mol. The molecule has 0 bridgehead atoms. The lowest BCUT2D eigenvalue weighted by atomic mass is 10.1. The number of benzene rings is 2. The Hall–Kier alpha value is -1.58. The number of hydrogen-bond acceptors (Lipinski definition) is 2. The van der Waals surface area contributed by atoms with Crippen LogP contribution in [0.1, 0.15) is 17.2 Å². The van der Waals surface area contributed by atoms with Gasteiger partial charge in [0.1, 0.15) is 18.2 Å². The zero-order valence-corrected chi connectivity index (χ0v) is 11.0. The van der Waals surface area contributed by atoms with Crippen LogP contribution in [-0.2, 0) is 6.54 Å². The van der Waals surface area contributed by atoms with Crippen molar-refractivity contribution in [3.05, 3.63) is 64.4 Å². The van der Waals surface area contributed by atoms with Gasteiger partial charge in [0.05, 0.1) is 11.1 Å². The minimum atomic E-state index is -0.385. The van der Waals surface area contributed by atoms with Crippen LogP contribution in [0.4, 0.5) is 4.39 Å². The van der Waals surface area contributed by atoms with Crippen LogP contribution in [0.5, 0.6) is 5.75 Å². The maximum Gasteiger partial charge on any atom is 0.142 e. The normalized spacial score (nSPS) is 17.1. The van der Waals surface area contributed by atoms with E-state index in [1.165, 1.54) is 6.07 Å². The lowest BCUT2D eigenvalue weighted by molar-refractivity contribution is 0.310. The fourth-order valence-corrected chi connectivity index (χ4v) is 2.44. The quantitative estimate of drug-likeness (QED) is 0.924. The smallest absolute Gasteiger partial charge is 0.142 e. The highest BCUT2D eigenvalue weighted by Gasteiger charge is 2.23. The number of halogens is 2. The highest BCUT2D eigenvalue weighted by Crippen LogP contribution is 2.32. The lowest BCUT2D eigenvalue weighted by Gasteiger charge is -2.12. The molecule has 19 heavy (non-hydrogen) atoms. The molecule has 0 fully saturated rings. The van der Waals surface area contributed by atoms with Gasteiger partial charge in [0.2, 0.25) is 0 Å². The summed E-state index contributed by atoms with van der Waals surface area (Å²) in [5.41, 5.74) is 1.89. The van der Waals surface area contributed by atoms with Gasteiger partial charge in [0.15, 0.2) is 0 Å². The third-order valence-electron chi connectivity index (χ3n) is 3.27. The monoisotopic (exact) mass is 277 g/mol. The molecule has 0 spiro atoms. The number of ether oxygens (including phenoxy) is 1. The molecule has 1 unspecified atom stereocenters. The van der Waals surface area contributed by atoms with Gasteiger partial charge in [-0.3, -0.25) is 0 Å². The van der Waals surface area contributed by atoms with Crippen molar-refractivity contribution in [3.63, 3.8) is 0 Å². The van der Waals surface area contributed by atoms with E-state index in [1.54, 1.807) is 6.07 Å². The van der Waals surface area contributed by atoms with Crippen LogP contribution in [0.15, 0.2) is 42.5 Å². The molecule has 1 heterocycles. The van der Waals surface area contributed by atoms with Gasteiger partial charge >= 0.3 is 0 Å². The van der Waals surface area contributed by atoms with E-state index >= 15 is 0 Å². The molecule has 0 aromatic heterocycles. The Morgan fingerprint density at radius 3 is 2.95 bits per heavy atom. The van der Waals surface area contributed by atoms with E-state index in [4.69, 9.17) is 16.3 Å². The van der Waals surface area contributed by atoms with Crippen molar-refractivity contribution >= 4 is 11.6 Å². The first-order valence-corrected chi connectivity index (χ1v) is 6.51. The van der Waals surface area contributed by atoms with Crippen molar-refractivity contribution in [1.29, 1.82) is 0 Å². The highest BCUT2D eigenvalue weighted by molar-refractivity contribution is 6.31. The third-order valence-corrected chi connectivity index (χ3v) is 3.69. The minimum absolute atomic E-state index is 0.121. The predicted molar refractivity (Wildman–Crippen MR) is 72.9 cm³/mol. The van der Waals surface area contributed by atoms with Crippen molar-refractivity contribution in [2.45, 2.75) is 12.6 Å². The van der Waals surface area contributed by atoms with Crippen LogP contribution in [0, 0.1) is 5.82 Å². The molecule has 1 aliphatic heterocycles. The molecule has 1 atom stereocenters. The predicted octanol–water partition coefficient (Wildman–Crippen LogP) is 3.70. The van der Waals surface area contributed by atoms with Crippen LogP contribution in [-0.4, -0.2) is 6.61 Å². The van der Waals surface area contributed by atoms with Gasteiger partial charge in [-0.1, -0.05) is 41.9 Å². The standard InChI is InChI=1S/C15H13ClFNO/c16-15-10(4-3-6-12(15)17)8-18-13-9-19-14-7-2-1-5-11(13)14/h1-7,13,18H,8-9H2. The highest BCUT2D eigenvalue weighted by atomic mass is 35.5. The SMILES string of the molecule is Fc1cccc(CNC2COc3ccccc32)c1Cl. The lowest BCUT2D eigenvalue weighted by Crippen LogP contribution is -2.22.